The van der Waals surface area contributed by atoms with Crippen molar-refractivity contribution >= 4 is 16.0 Å². The summed E-state index contributed by atoms with van der Waals surface area (Å²) in [6.45, 7) is 4.42. The van der Waals surface area contributed by atoms with Crippen molar-refractivity contribution in [3.05, 3.63) is 65.4 Å². The molecular weight excluding hydrogens is 458 g/mol. The molecule has 1 aliphatic rings. The normalized spacial score (nSPS) is 13.9. The Balaban J connectivity index is 1.46. The van der Waals surface area contributed by atoms with Crippen LogP contribution in [0.2, 0.25) is 0 Å². The zero-order valence-electron chi connectivity index (χ0n) is 19.1. The van der Waals surface area contributed by atoms with Crippen LogP contribution in [0.25, 0.3) is 11.3 Å². The molecule has 3 aromatic rings. The second kappa shape index (κ2) is 10.4. The fraction of sp³-hybridized carbons (Fsp3) is 0.333. The van der Waals surface area contributed by atoms with Gasteiger partial charge in [-0.1, -0.05) is 29.4 Å². The first-order valence-corrected chi connectivity index (χ1v) is 12.5. The predicted molar refractivity (Wildman–Crippen MR) is 125 cm³/mol. The summed E-state index contributed by atoms with van der Waals surface area (Å²) in [6.07, 6.45) is 0.948. The van der Waals surface area contributed by atoms with Crippen molar-refractivity contribution in [1.29, 1.82) is 0 Å². The predicted octanol–water partition coefficient (Wildman–Crippen LogP) is 2.86. The molecule has 0 radical (unpaired) electrons. The summed E-state index contributed by atoms with van der Waals surface area (Å²) in [5.41, 5.74) is 3.08. The van der Waals surface area contributed by atoms with Crippen LogP contribution >= 0.6 is 0 Å². The second-order valence-corrected chi connectivity index (χ2v) is 9.59. The molecule has 0 bridgehead atoms. The molecular formula is C24H27N3O6S. The van der Waals surface area contributed by atoms with Crippen LogP contribution in [0.1, 0.15) is 28.5 Å². The van der Waals surface area contributed by atoms with Crippen LogP contribution < -0.4 is 9.46 Å². The Bertz CT molecular complexity index is 1270. The van der Waals surface area contributed by atoms with Gasteiger partial charge in [-0.05, 0) is 42.7 Å². The van der Waals surface area contributed by atoms with E-state index in [0.717, 1.165) is 19.5 Å². The monoisotopic (exact) mass is 485 g/mol. The number of hydrogen-bond donors (Lipinski definition) is 1. The van der Waals surface area contributed by atoms with Crippen LogP contribution in [0, 0.1) is 0 Å². The highest BCUT2D eigenvalue weighted by Crippen LogP contribution is 2.30. The van der Waals surface area contributed by atoms with Gasteiger partial charge in [0.1, 0.15) is 10.6 Å². The lowest BCUT2D eigenvalue weighted by molar-refractivity contribution is 0.0514. The molecule has 0 amide bonds. The molecule has 0 spiro atoms. The highest BCUT2D eigenvalue weighted by molar-refractivity contribution is 7.89. The lowest BCUT2D eigenvalue weighted by Crippen LogP contribution is -2.37. The number of ether oxygens (including phenoxy) is 2. The average Bonchev–Trinajstić information content (AvgIpc) is 3.34. The van der Waals surface area contributed by atoms with Gasteiger partial charge in [-0.2, -0.15) is 0 Å². The Kier molecular flexibility index (Phi) is 7.30. The van der Waals surface area contributed by atoms with Crippen molar-refractivity contribution < 1.29 is 27.2 Å². The summed E-state index contributed by atoms with van der Waals surface area (Å²) in [6, 6.07) is 14.3. The molecule has 0 fully saturated rings. The Morgan fingerprint density at radius 2 is 1.97 bits per heavy atom. The molecule has 1 aliphatic heterocycles. The number of nitrogens with zero attached hydrogens (tertiary/aromatic N) is 2. The number of fused-ring (bicyclic) bond motifs is 1. The van der Waals surface area contributed by atoms with Crippen molar-refractivity contribution in [3.63, 3.8) is 0 Å². The van der Waals surface area contributed by atoms with Gasteiger partial charge in [0, 0.05) is 37.8 Å². The zero-order chi connectivity index (χ0) is 24.1. The van der Waals surface area contributed by atoms with Gasteiger partial charge in [0.05, 0.1) is 13.7 Å². The van der Waals surface area contributed by atoms with Gasteiger partial charge in [0.2, 0.25) is 10.0 Å². The first-order valence-electron chi connectivity index (χ1n) is 11.0. The van der Waals surface area contributed by atoms with Crippen molar-refractivity contribution in [2.45, 2.75) is 24.8 Å². The zero-order valence-corrected chi connectivity index (χ0v) is 19.9. The van der Waals surface area contributed by atoms with Crippen LogP contribution in [0.4, 0.5) is 0 Å². The quantitative estimate of drug-likeness (QED) is 0.461. The maximum absolute atomic E-state index is 13.1. The summed E-state index contributed by atoms with van der Waals surface area (Å²) in [4.78, 5) is 14.1. The van der Waals surface area contributed by atoms with E-state index in [1.165, 1.54) is 36.4 Å². The highest BCUT2D eigenvalue weighted by Gasteiger charge is 2.23. The number of carbonyl (C=O) groups is 1. The van der Waals surface area contributed by atoms with Crippen LogP contribution in [-0.2, 0) is 27.7 Å². The minimum absolute atomic E-state index is 0.0123. The lowest BCUT2D eigenvalue weighted by Gasteiger charge is -2.28. The molecule has 0 atom stereocenters. The minimum atomic E-state index is -3.87. The number of aromatic nitrogens is 1. The van der Waals surface area contributed by atoms with Crippen molar-refractivity contribution in [2.75, 3.05) is 33.4 Å². The van der Waals surface area contributed by atoms with E-state index in [2.05, 4.69) is 26.9 Å². The lowest BCUT2D eigenvalue weighted by atomic mass is 10.0. The van der Waals surface area contributed by atoms with Gasteiger partial charge >= 0.3 is 5.97 Å². The van der Waals surface area contributed by atoms with E-state index in [1.807, 2.05) is 12.1 Å². The molecule has 0 saturated carbocycles. The fourth-order valence-electron chi connectivity index (χ4n) is 3.91. The van der Waals surface area contributed by atoms with E-state index in [0.29, 0.717) is 12.1 Å². The van der Waals surface area contributed by atoms with E-state index in [1.54, 1.807) is 13.0 Å². The minimum Gasteiger partial charge on any atom is -0.495 e. The summed E-state index contributed by atoms with van der Waals surface area (Å²) < 4.78 is 44.3. The molecule has 180 valence electrons. The molecule has 0 saturated heterocycles. The topological polar surface area (TPSA) is 111 Å². The van der Waals surface area contributed by atoms with Crippen molar-refractivity contribution in [2.24, 2.45) is 0 Å². The van der Waals surface area contributed by atoms with E-state index in [4.69, 9.17) is 14.0 Å². The van der Waals surface area contributed by atoms with Gasteiger partial charge in [-0.3, -0.25) is 4.90 Å². The molecule has 1 aromatic heterocycles. The third kappa shape index (κ3) is 5.30. The summed E-state index contributed by atoms with van der Waals surface area (Å²) in [5, 5.41) is 3.71. The number of carbonyl (C=O) groups excluding carboxylic acids is 1. The summed E-state index contributed by atoms with van der Waals surface area (Å²) >= 11 is 0. The van der Waals surface area contributed by atoms with E-state index in [-0.39, 0.29) is 35.3 Å². The van der Waals surface area contributed by atoms with Gasteiger partial charge in [0.25, 0.3) is 0 Å². The largest absolute Gasteiger partial charge is 0.495 e. The molecule has 2 aromatic carbocycles. The molecule has 34 heavy (non-hydrogen) atoms. The standard InChI is InChI=1S/C24H27N3O6S/c1-3-32-24(28)20-15-22(33-26-20)18-8-9-21(31-2)23(14-18)34(29,30)25-11-13-27-12-10-17-6-4-5-7-19(17)16-27/h4-9,14-15,25H,3,10-13,16H2,1-2H3. The van der Waals surface area contributed by atoms with Crippen molar-refractivity contribution in [1.82, 2.24) is 14.8 Å². The molecule has 0 aliphatic carbocycles. The van der Waals surface area contributed by atoms with Gasteiger partial charge in [0.15, 0.2) is 11.5 Å². The Morgan fingerprint density at radius 3 is 2.74 bits per heavy atom. The summed E-state index contributed by atoms with van der Waals surface area (Å²) in [7, 11) is -2.46. The Morgan fingerprint density at radius 1 is 1.18 bits per heavy atom. The number of nitrogens with one attached hydrogen (secondary N) is 1. The smallest absolute Gasteiger partial charge is 0.360 e. The number of methoxy groups -OCH3 is 1. The molecule has 1 N–H and O–H groups in total. The van der Waals surface area contributed by atoms with Crippen LogP contribution in [0.15, 0.2) is 57.9 Å². The maximum Gasteiger partial charge on any atom is 0.360 e. The van der Waals surface area contributed by atoms with Crippen LogP contribution in [0.5, 0.6) is 5.75 Å². The van der Waals surface area contributed by atoms with Crippen molar-refractivity contribution in [3.8, 4) is 17.1 Å². The van der Waals surface area contributed by atoms with Crippen LogP contribution in [-0.4, -0.2) is 57.8 Å². The molecule has 0 unspecified atom stereocenters. The first-order chi connectivity index (χ1) is 16.4. The molecule has 9 nitrogen and oxygen atoms in total. The molecule has 10 heteroatoms. The number of benzene rings is 2. The van der Waals surface area contributed by atoms with E-state index in [9.17, 15) is 13.2 Å². The Hall–Kier alpha value is -3.21. The first kappa shape index (κ1) is 23.9. The van der Waals surface area contributed by atoms with E-state index >= 15 is 0 Å². The van der Waals surface area contributed by atoms with E-state index < -0.39 is 16.0 Å². The summed E-state index contributed by atoms with van der Waals surface area (Å²) in [5.74, 6) is -0.164. The van der Waals surface area contributed by atoms with Gasteiger partial charge in [-0.25, -0.2) is 17.9 Å². The number of sulfonamides is 1. The van der Waals surface area contributed by atoms with Crippen LogP contribution in [0.3, 0.4) is 0 Å². The fourth-order valence-corrected chi connectivity index (χ4v) is 5.13. The molecule has 4 rings (SSSR count). The Labute approximate surface area is 198 Å². The third-order valence-corrected chi connectivity index (χ3v) is 7.14. The average molecular weight is 486 g/mol. The number of rotatable bonds is 9. The second-order valence-electron chi connectivity index (χ2n) is 7.86. The highest BCUT2D eigenvalue weighted by atomic mass is 32.2. The number of hydrogen-bond acceptors (Lipinski definition) is 8. The maximum atomic E-state index is 13.1. The third-order valence-electron chi connectivity index (χ3n) is 5.66. The SMILES string of the molecule is CCOC(=O)c1cc(-c2ccc(OC)c(S(=O)(=O)NCCN3CCc4ccccc4C3)c2)on1. The van der Waals surface area contributed by atoms with Gasteiger partial charge < -0.3 is 14.0 Å². The van der Waals surface area contributed by atoms with Gasteiger partial charge in [-0.15, -0.1) is 0 Å². The number of esters is 1. The molecule has 2 heterocycles.